The maximum Gasteiger partial charge on any atom is 0.408 e. The highest BCUT2D eigenvalue weighted by Crippen LogP contribution is 2.27. The van der Waals surface area contributed by atoms with Crippen LogP contribution in [-0.4, -0.2) is 50.1 Å². The lowest BCUT2D eigenvalue weighted by Crippen LogP contribution is -2.52. The van der Waals surface area contributed by atoms with E-state index in [1.165, 1.54) is 4.80 Å². The molecule has 4 aromatic rings. The number of aromatic nitrogens is 4. The number of para-hydroxylation sites is 1. The Labute approximate surface area is 269 Å². The van der Waals surface area contributed by atoms with Gasteiger partial charge in [-0.25, -0.2) is 4.79 Å². The number of ketones is 1. The van der Waals surface area contributed by atoms with Crippen LogP contribution in [-0.2, 0) is 34.1 Å². The van der Waals surface area contributed by atoms with Crippen molar-refractivity contribution >= 4 is 17.8 Å². The largest absolute Gasteiger partial charge is 0.488 e. The molecule has 0 saturated heterocycles. The molecule has 3 aromatic carbocycles. The smallest absolute Gasteiger partial charge is 0.408 e. The van der Waals surface area contributed by atoms with E-state index in [1.54, 1.807) is 0 Å². The Morgan fingerprint density at radius 2 is 1.33 bits per heavy atom. The van der Waals surface area contributed by atoms with E-state index in [0.29, 0.717) is 36.6 Å². The summed E-state index contributed by atoms with van der Waals surface area (Å²) in [7, 11) is 0. The van der Waals surface area contributed by atoms with E-state index in [9.17, 15) is 14.4 Å². The molecule has 0 bridgehead atoms. The first-order valence-electron chi connectivity index (χ1n) is 15.5. The van der Waals surface area contributed by atoms with Crippen molar-refractivity contribution in [3.63, 3.8) is 0 Å². The first-order valence-corrected chi connectivity index (χ1v) is 15.5. The van der Waals surface area contributed by atoms with Gasteiger partial charge in [0.2, 0.25) is 11.7 Å². The number of carbonyl (C=O) groups is 3. The number of ether oxygens (including phenoxy) is 2. The number of rotatable bonds is 16. The molecule has 2 N–H and O–H groups in total. The number of carbonyl (C=O) groups excluding carboxylic acids is 3. The molecular weight excluding hydrogens is 584 g/mol. The van der Waals surface area contributed by atoms with Gasteiger partial charge in [-0.15, -0.1) is 10.2 Å². The molecule has 0 radical (unpaired) electrons. The van der Waals surface area contributed by atoms with Crippen LogP contribution in [0.2, 0.25) is 0 Å². The molecule has 2 atom stereocenters. The van der Waals surface area contributed by atoms with Gasteiger partial charge < -0.3 is 20.1 Å². The summed E-state index contributed by atoms with van der Waals surface area (Å²) in [6.07, 6.45) is 0.0628. The fourth-order valence-electron chi connectivity index (χ4n) is 4.80. The fourth-order valence-corrected chi connectivity index (χ4v) is 4.80. The number of hydrogen-bond donors (Lipinski definition) is 2. The first-order chi connectivity index (χ1) is 22.2. The molecule has 2 amide bonds. The van der Waals surface area contributed by atoms with E-state index in [-0.39, 0.29) is 30.8 Å². The van der Waals surface area contributed by atoms with Crippen LogP contribution in [0.3, 0.4) is 0 Å². The van der Waals surface area contributed by atoms with Gasteiger partial charge in [-0.05, 0) is 53.2 Å². The Morgan fingerprint density at radius 3 is 1.98 bits per heavy atom. The normalized spacial score (nSPS) is 12.4. The molecule has 1 heterocycles. The van der Waals surface area contributed by atoms with Crippen LogP contribution in [0, 0.1) is 11.8 Å². The average Bonchev–Trinajstić information content (AvgIpc) is 3.51. The van der Waals surface area contributed by atoms with Gasteiger partial charge in [0.25, 0.3) is 0 Å². The van der Waals surface area contributed by atoms with Crippen LogP contribution in [0.5, 0.6) is 5.75 Å². The van der Waals surface area contributed by atoms with Gasteiger partial charge in [0, 0.05) is 0 Å². The summed E-state index contributed by atoms with van der Waals surface area (Å²) in [6, 6.07) is 24.8. The van der Waals surface area contributed by atoms with E-state index >= 15 is 0 Å². The van der Waals surface area contributed by atoms with Gasteiger partial charge in [0.15, 0.2) is 5.78 Å². The molecule has 11 heteroatoms. The van der Waals surface area contributed by atoms with E-state index in [4.69, 9.17) is 9.47 Å². The molecule has 0 unspecified atom stereocenters. The highest BCUT2D eigenvalue weighted by molar-refractivity contribution is 5.92. The number of tetrazole rings is 1. The quantitative estimate of drug-likeness (QED) is 0.170. The fraction of sp³-hybridized carbons (Fsp3) is 0.371. The zero-order valence-electron chi connectivity index (χ0n) is 26.8. The summed E-state index contributed by atoms with van der Waals surface area (Å²) in [6.45, 7) is 8.09. The maximum atomic E-state index is 13.5. The lowest BCUT2D eigenvalue weighted by molar-refractivity contribution is -0.130. The third-order valence-corrected chi connectivity index (χ3v) is 7.06. The Hall–Kier alpha value is -5.06. The number of nitrogens with zero attached hydrogens (tertiary/aromatic N) is 4. The number of amides is 2. The van der Waals surface area contributed by atoms with Crippen molar-refractivity contribution in [3.05, 3.63) is 96.1 Å². The minimum atomic E-state index is -0.880. The molecule has 0 aliphatic rings. The molecule has 0 saturated carbocycles. The highest BCUT2D eigenvalue weighted by Gasteiger charge is 2.29. The third kappa shape index (κ3) is 10.5. The topological polar surface area (TPSA) is 137 Å². The van der Waals surface area contributed by atoms with Crippen molar-refractivity contribution in [1.82, 2.24) is 30.8 Å². The summed E-state index contributed by atoms with van der Waals surface area (Å²) in [5.41, 5.74) is 2.50. The molecule has 4 rings (SSSR count). The van der Waals surface area contributed by atoms with Crippen LogP contribution in [0.1, 0.15) is 51.7 Å². The zero-order valence-corrected chi connectivity index (χ0v) is 26.8. The predicted octanol–water partition coefficient (Wildman–Crippen LogP) is 5.36. The van der Waals surface area contributed by atoms with Gasteiger partial charge in [-0.1, -0.05) is 100 Å². The molecule has 0 aliphatic heterocycles. The number of Topliss-reactive ketones (excluding diaryl/α,β-unsaturated/α-hetero) is 1. The van der Waals surface area contributed by atoms with Gasteiger partial charge in [0.1, 0.15) is 31.5 Å². The maximum absolute atomic E-state index is 13.5. The summed E-state index contributed by atoms with van der Waals surface area (Å²) < 4.78 is 11.4. The van der Waals surface area contributed by atoms with Crippen molar-refractivity contribution in [1.29, 1.82) is 0 Å². The molecule has 242 valence electrons. The molecule has 46 heavy (non-hydrogen) atoms. The monoisotopic (exact) mass is 626 g/mol. The minimum Gasteiger partial charge on any atom is -0.488 e. The molecule has 1 aromatic heterocycles. The zero-order chi connectivity index (χ0) is 32.9. The lowest BCUT2D eigenvalue weighted by Gasteiger charge is -2.24. The second kappa shape index (κ2) is 16.9. The van der Waals surface area contributed by atoms with Crippen LogP contribution in [0.4, 0.5) is 4.79 Å². The SMILES string of the molecule is CC(C)C[C@H](NC(=O)[C@H](CC(C)C)NC(=O)OCc1ccccc1)C(=O)Cn1nnc(-c2ccccc2OCc2ccccc2)n1. The van der Waals surface area contributed by atoms with Crippen molar-refractivity contribution in [2.24, 2.45) is 11.8 Å². The van der Waals surface area contributed by atoms with E-state index < -0.39 is 24.1 Å². The number of alkyl carbamates (subject to hydrolysis) is 1. The van der Waals surface area contributed by atoms with Crippen LogP contribution in [0.15, 0.2) is 84.9 Å². The van der Waals surface area contributed by atoms with E-state index in [2.05, 4.69) is 26.0 Å². The molecular formula is C35H42N6O5. The minimum absolute atomic E-state index is 0.0771. The Morgan fingerprint density at radius 1 is 0.739 bits per heavy atom. The van der Waals surface area contributed by atoms with Crippen LogP contribution < -0.4 is 15.4 Å². The van der Waals surface area contributed by atoms with Crippen LogP contribution in [0.25, 0.3) is 11.4 Å². The van der Waals surface area contributed by atoms with Gasteiger partial charge in [-0.2, -0.15) is 4.80 Å². The van der Waals surface area contributed by atoms with E-state index in [1.807, 2.05) is 113 Å². The second-order valence-corrected chi connectivity index (χ2v) is 12.0. The van der Waals surface area contributed by atoms with Gasteiger partial charge in [0.05, 0.1) is 11.6 Å². The van der Waals surface area contributed by atoms with Gasteiger partial charge >= 0.3 is 6.09 Å². The Bertz CT molecular complexity index is 1560. The Balaban J connectivity index is 1.40. The summed E-state index contributed by atoms with van der Waals surface area (Å²) in [4.78, 5) is 40.7. The van der Waals surface area contributed by atoms with Crippen molar-refractivity contribution in [3.8, 4) is 17.1 Å². The summed E-state index contributed by atoms with van der Waals surface area (Å²) in [5.74, 6) is 0.371. The summed E-state index contributed by atoms with van der Waals surface area (Å²) >= 11 is 0. The molecule has 0 spiro atoms. The number of benzene rings is 3. The van der Waals surface area contributed by atoms with Gasteiger partial charge in [-0.3, -0.25) is 9.59 Å². The standard InChI is InChI=1S/C35H42N6O5/c1-24(2)19-29(36-34(43)30(20-25(3)4)37-35(44)46-23-27-15-9-6-10-16-27)31(42)21-41-39-33(38-40-41)28-17-11-12-18-32(28)45-22-26-13-7-5-8-14-26/h5-18,24-25,29-30H,19-23H2,1-4H3,(H,36,43)(H,37,44)/t29-,30-/m0/s1. The lowest BCUT2D eigenvalue weighted by atomic mass is 9.98. The molecule has 11 nitrogen and oxygen atoms in total. The van der Waals surface area contributed by atoms with Crippen molar-refractivity contribution in [2.75, 3.05) is 0 Å². The Kier molecular flexibility index (Phi) is 12.4. The van der Waals surface area contributed by atoms with Crippen LogP contribution >= 0.6 is 0 Å². The van der Waals surface area contributed by atoms with Crippen molar-refractivity contribution in [2.45, 2.75) is 72.4 Å². The summed E-state index contributed by atoms with van der Waals surface area (Å²) in [5, 5.41) is 18.3. The second-order valence-electron chi connectivity index (χ2n) is 12.0. The predicted molar refractivity (Wildman–Crippen MR) is 173 cm³/mol. The number of nitrogens with one attached hydrogen (secondary N) is 2. The average molecular weight is 627 g/mol. The van der Waals surface area contributed by atoms with Crippen molar-refractivity contribution < 1.29 is 23.9 Å². The molecule has 0 fully saturated rings. The highest BCUT2D eigenvalue weighted by atomic mass is 16.5. The van der Waals surface area contributed by atoms with E-state index in [0.717, 1.165) is 11.1 Å². The number of hydrogen-bond acceptors (Lipinski definition) is 8. The molecule has 0 aliphatic carbocycles. The third-order valence-electron chi connectivity index (χ3n) is 7.06. The first kappa shape index (κ1) is 33.8.